The Bertz CT molecular complexity index is 1110. The second-order valence-electron chi connectivity index (χ2n) is 6.20. The first-order valence-electron chi connectivity index (χ1n) is 8.73. The molecule has 2 heterocycles. The molecule has 0 aliphatic carbocycles. The highest BCUT2D eigenvalue weighted by Crippen LogP contribution is 2.35. The van der Waals surface area contributed by atoms with Crippen LogP contribution in [0.5, 0.6) is 0 Å². The standard InChI is InChI=1S/C21H17ClN4OS/c22-21-16-8-4-5-9-18(16)28-19(21)10-11-20(27)25-17(12-26-14-23-13-24-26)15-6-2-1-3-7-15/h1-11,13-14,17H,12H2,(H,25,27)/b11-10+. The Kier molecular flexibility index (Phi) is 5.50. The number of benzene rings is 2. The van der Waals surface area contributed by atoms with Crippen LogP contribution in [-0.4, -0.2) is 20.7 Å². The van der Waals surface area contributed by atoms with Crippen LogP contribution in [0.2, 0.25) is 5.02 Å². The Morgan fingerprint density at radius 1 is 1.18 bits per heavy atom. The van der Waals surface area contributed by atoms with Crippen LogP contribution >= 0.6 is 22.9 Å². The largest absolute Gasteiger partial charge is 0.344 e. The number of thiophene rings is 1. The molecule has 0 bridgehead atoms. The normalized spacial score (nSPS) is 12.5. The molecule has 2 aromatic carbocycles. The predicted molar refractivity (Wildman–Crippen MR) is 113 cm³/mol. The molecule has 0 saturated carbocycles. The topological polar surface area (TPSA) is 59.8 Å². The summed E-state index contributed by atoms with van der Waals surface area (Å²) in [5.74, 6) is -0.192. The second-order valence-corrected chi connectivity index (χ2v) is 7.66. The third-order valence-corrected chi connectivity index (χ3v) is 5.96. The molecule has 0 radical (unpaired) electrons. The van der Waals surface area contributed by atoms with Gasteiger partial charge in [-0.3, -0.25) is 9.48 Å². The van der Waals surface area contributed by atoms with Gasteiger partial charge in [0.25, 0.3) is 0 Å². The molecule has 5 nitrogen and oxygen atoms in total. The molecule has 4 aromatic rings. The van der Waals surface area contributed by atoms with Gasteiger partial charge in [0.2, 0.25) is 5.91 Å². The van der Waals surface area contributed by atoms with Crippen LogP contribution in [0.1, 0.15) is 16.5 Å². The average Bonchev–Trinajstić information content (AvgIpc) is 3.35. The van der Waals surface area contributed by atoms with Gasteiger partial charge in [0.15, 0.2) is 0 Å². The molecule has 2 aromatic heterocycles. The molecule has 1 N–H and O–H groups in total. The van der Waals surface area contributed by atoms with Crippen LogP contribution in [0.15, 0.2) is 73.3 Å². The van der Waals surface area contributed by atoms with Crippen molar-refractivity contribution in [1.29, 1.82) is 0 Å². The molecule has 140 valence electrons. The van der Waals surface area contributed by atoms with Gasteiger partial charge in [-0.05, 0) is 17.7 Å². The maximum atomic E-state index is 12.6. The minimum atomic E-state index is -0.224. The first kappa shape index (κ1) is 18.4. The summed E-state index contributed by atoms with van der Waals surface area (Å²) >= 11 is 8.01. The summed E-state index contributed by atoms with van der Waals surface area (Å²) in [5.41, 5.74) is 1.000. The summed E-state index contributed by atoms with van der Waals surface area (Å²) in [6.45, 7) is 0.493. The Balaban J connectivity index is 1.52. The Hall–Kier alpha value is -2.96. The number of carbonyl (C=O) groups is 1. The lowest BCUT2D eigenvalue weighted by Crippen LogP contribution is -2.30. The molecule has 0 saturated heterocycles. The minimum absolute atomic E-state index is 0.192. The van der Waals surface area contributed by atoms with Crippen LogP contribution < -0.4 is 5.32 Å². The lowest BCUT2D eigenvalue weighted by Gasteiger charge is -2.18. The van der Waals surface area contributed by atoms with Crippen molar-refractivity contribution in [1.82, 2.24) is 20.1 Å². The average molecular weight is 409 g/mol. The minimum Gasteiger partial charge on any atom is -0.344 e. The molecule has 0 aliphatic rings. The van der Waals surface area contributed by atoms with Crippen molar-refractivity contribution in [3.63, 3.8) is 0 Å². The van der Waals surface area contributed by atoms with Crippen molar-refractivity contribution in [2.24, 2.45) is 0 Å². The van der Waals surface area contributed by atoms with Gasteiger partial charge in [-0.25, -0.2) is 4.98 Å². The van der Waals surface area contributed by atoms with E-state index in [1.165, 1.54) is 12.4 Å². The third-order valence-electron chi connectivity index (χ3n) is 4.30. The van der Waals surface area contributed by atoms with Gasteiger partial charge >= 0.3 is 0 Å². The zero-order valence-corrected chi connectivity index (χ0v) is 16.4. The van der Waals surface area contributed by atoms with Gasteiger partial charge in [-0.2, -0.15) is 5.10 Å². The fourth-order valence-corrected chi connectivity index (χ4v) is 4.34. The van der Waals surface area contributed by atoms with Gasteiger partial charge in [0, 0.05) is 21.0 Å². The number of amides is 1. The molecular formula is C21H17ClN4OS. The van der Waals surface area contributed by atoms with Crippen LogP contribution in [0, 0.1) is 0 Å². The van der Waals surface area contributed by atoms with Crippen molar-refractivity contribution in [2.45, 2.75) is 12.6 Å². The predicted octanol–water partition coefficient (Wildman–Crippen LogP) is 4.72. The van der Waals surface area contributed by atoms with Crippen molar-refractivity contribution in [3.8, 4) is 0 Å². The molecule has 7 heteroatoms. The molecule has 0 spiro atoms. The highest BCUT2D eigenvalue weighted by atomic mass is 35.5. The lowest BCUT2D eigenvalue weighted by molar-refractivity contribution is -0.117. The monoisotopic (exact) mass is 408 g/mol. The van der Waals surface area contributed by atoms with Crippen LogP contribution in [0.25, 0.3) is 16.2 Å². The summed E-state index contributed by atoms with van der Waals surface area (Å²) in [5, 5.41) is 8.86. The molecule has 0 aliphatic heterocycles. The zero-order valence-electron chi connectivity index (χ0n) is 14.8. The fraction of sp³-hybridized carbons (Fsp3) is 0.0952. The Morgan fingerprint density at radius 3 is 2.71 bits per heavy atom. The third kappa shape index (κ3) is 4.13. The lowest BCUT2D eigenvalue weighted by atomic mass is 10.1. The first-order chi connectivity index (χ1) is 13.7. The van der Waals surface area contributed by atoms with Crippen molar-refractivity contribution in [3.05, 3.63) is 88.8 Å². The summed E-state index contributed by atoms with van der Waals surface area (Å²) in [6.07, 6.45) is 6.40. The summed E-state index contributed by atoms with van der Waals surface area (Å²) in [6, 6.07) is 17.5. The molecule has 4 rings (SSSR count). The smallest absolute Gasteiger partial charge is 0.244 e. The number of halogens is 1. The molecule has 1 amide bonds. The molecular weight excluding hydrogens is 392 g/mol. The molecule has 1 atom stereocenters. The number of hydrogen-bond acceptors (Lipinski definition) is 4. The van der Waals surface area contributed by atoms with Gasteiger partial charge in [0.05, 0.1) is 17.6 Å². The number of rotatable bonds is 6. The van der Waals surface area contributed by atoms with Gasteiger partial charge in [-0.15, -0.1) is 11.3 Å². The number of carbonyl (C=O) groups excluding carboxylic acids is 1. The SMILES string of the molecule is O=C(/C=C/c1sc2ccccc2c1Cl)NC(Cn1cncn1)c1ccccc1. The van der Waals surface area contributed by atoms with Crippen LogP contribution in [-0.2, 0) is 11.3 Å². The number of nitrogens with zero attached hydrogens (tertiary/aromatic N) is 3. The van der Waals surface area contributed by atoms with Gasteiger partial charge in [-0.1, -0.05) is 60.1 Å². The zero-order chi connectivity index (χ0) is 19.3. The van der Waals surface area contributed by atoms with Crippen molar-refractivity contribution in [2.75, 3.05) is 0 Å². The van der Waals surface area contributed by atoms with Crippen LogP contribution in [0.4, 0.5) is 0 Å². The van der Waals surface area contributed by atoms with E-state index in [0.29, 0.717) is 11.6 Å². The van der Waals surface area contributed by atoms with E-state index in [9.17, 15) is 4.79 Å². The Morgan fingerprint density at radius 2 is 1.96 bits per heavy atom. The van der Waals surface area contributed by atoms with Crippen LogP contribution in [0.3, 0.4) is 0 Å². The van der Waals surface area contributed by atoms with E-state index in [4.69, 9.17) is 11.6 Å². The maximum absolute atomic E-state index is 12.6. The summed E-state index contributed by atoms with van der Waals surface area (Å²) in [4.78, 5) is 17.4. The van der Waals surface area contributed by atoms with E-state index < -0.39 is 0 Å². The quantitative estimate of drug-likeness (QED) is 0.470. The van der Waals surface area contributed by atoms with Crippen molar-refractivity contribution < 1.29 is 4.79 Å². The van der Waals surface area contributed by atoms with E-state index in [0.717, 1.165) is 20.5 Å². The van der Waals surface area contributed by atoms with E-state index in [2.05, 4.69) is 15.4 Å². The number of fused-ring (bicyclic) bond motifs is 1. The van der Waals surface area contributed by atoms with E-state index in [1.807, 2.05) is 54.6 Å². The van der Waals surface area contributed by atoms with Crippen molar-refractivity contribution >= 4 is 45.0 Å². The molecule has 28 heavy (non-hydrogen) atoms. The van der Waals surface area contributed by atoms with E-state index in [1.54, 1.807) is 28.4 Å². The van der Waals surface area contributed by atoms with Gasteiger partial charge in [0.1, 0.15) is 12.7 Å². The highest BCUT2D eigenvalue weighted by Gasteiger charge is 2.15. The Labute approximate surface area is 171 Å². The second kappa shape index (κ2) is 8.37. The summed E-state index contributed by atoms with van der Waals surface area (Å²) in [7, 11) is 0. The van der Waals surface area contributed by atoms with Gasteiger partial charge < -0.3 is 5.32 Å². The number of nitrogens with one attached hydrogen (secondary N) is 1. The molecule has 1 unspecified atom stereocenters. The summed E-state index contributed by atoms with van der Waals surface area (Å²) < 4.78 is 2.80. The fourth-order valence-electron chi connectivity index (χ4n) is 2.95. The van der Waals surface area contributed by atoms with E-state index in [-0.39, 0.29) is 11.9 Å². The highest BCUT2D eigenvalue weighted by molar-refractivity contribution is 7.20. The molecule has 0 fully saturated rings. The van der Waals surface area contributed by atoms with E-state index >= 15 is 0 Å². The number of aromatic nitrogens is 3. The number of hydrogen-bond donors (Lipinski definition) is 1. The maximum Gasteiger partial charge on any atom is 0.244 e. The first-order valence-corrected chi connectivity index (χ1v) is 9.93.